The average Bonchev–Trinajstić information content (AvgIpc) is 3.67. The van der Waals surface area contributed by atoms with E-state index < -0.39 is 0 Å². The summed E-state index contributed by atoms with van der Waals surface area (Å²) in [6.07, 6.45) is 0. The van der Waals surface area contributed by atoms with Crippen molar-refractivity contribution in [1.82, 2.24) is 9.13 Å². The summed E-state index contributed by atoms with van der Waals surface area (Å²) in [5.41, 5.74) is 11.8. The van der Waals surface area contributed by atoms with E-state index in [0.717, 1.165) is 82.8 Å². The van der Waals surface area contributed by atoms with E-state index in [2.05, 4.69) is 125 Å². The van der Waals surface area contributed by atoms with Gasteiger partial charge in [0.15, 0.2) is 0 Å². The summed E-state index contributed by atoms with van der Waals surface area (Å²) in [5.74, 6) is 0. The van der Waals surface area contributed by atoms with E-state index in [1.807, 2.05) is 55.5 Å². The Bertz CT molecular complexity index is 2630. The fraction of sp³-hybridized carbons (Fsp3) is 0.0435. The van der Waals surface area contributed by atoms with Crippen molar-refractivity contribution in [2.75, 3.05) is 0 Å². The van der Waals surface area contributed by atoms with Gasteiger partial charge in [0, 0.05) is 32.7 Å². The van der Waals surface area contributed by atoms with Crippen molar-refractivity contribution < 1.29 is 0 Å². The van der Waals surface area contributed by atoms with Gasteiger partial charge in [-0.2, -0.15) is 10.5 Å². The second kappa shape index (κ2) is 11.4. The number of hydrogen-bond donors (Lipinski definition) is 0. The van der Waals surface area contributed by atoms with Gasteiger partial charge in [-0.25, -0.2) is 0 Å². The molecule has 2 aromatic heterocycles. The zero-order valence-corrected chi connectivity index (χ0v) is 27.6. The molecule has 0 amide bonds. The SMILES string of the molecule is Cc1ccc(-c2c(C#N)c(-n3c4ccccc4c4ccccc43)c(-c3ccc(C)cc3)c(-n3c4ccccc4c4ccccc43)c2C#N)cc1. The van der Waals surface area contributed by atoms with Gasteiger partial charge in [0.05, 0.1) is 44.6 Å². The summed E-state index contributed by atoms with van der Waals surface area (Å²) in [4.78, 5) is 0. The van der Waals surface area contributed by atoms with Crippen LogP contribution in [0.3, 0.4) is 0 Å². The van der Waals surface area contributed by atoms with E-state index in [4.69, 9.17) is 0 Å². The molecule has 2 heterocycles. The fourth-order valence-electron chi connectivity index (χ4n) is 7.72. The van der Waals surface area contributed by atoms with E-state index in [1.54, 1.807) is 0 Å². The number of para-hydroxylation sites is 4. The molecule has 0 bridgehead atoms. The largest absolute Gasteiger partial charge is 0.307 e. The van der Waals surface area contributed by atoms with Crippen molar-refractivity contribution >= 4 is 43.6 Å². The molecule has 0 unspecified atom stereocenters. The van der Waals surface area contributed by atoms with Crippen LogP contribution in [0.4, 0.5) is 0 Å². The molecule has 0 aliphatic rings. The monoisotopic (exact) mass is 638 g/mol. The first-order valence-corrected chi connectivity index (χ1v) is 16.7. The van der Waals surface area contributed by atoms with Gasteiger partial charge in [-0.05, 0) is 49.2 Å². The standard InChI is InChI=1S/C46H30N4/c1-29-19-23-31(24-20-29)43-37(27-47)45(49-39-15-7-3-11-33(39)34-12-4-8-16-40(34)49)44(32-25-21-30(2)22-26-32)46(38(43)28-48)50-41-17-9-5-13-35(41)36-14-6-10-18-42(36)50/h3-26H,1-2H3. The van der Waals surface area contributed by atoms with Crippen LogP contribution in [0.25, 0.3) is 77.2 Å². The van der Waals surface area contributed by atoms with Gasteiger partial charge in [-0.1, -0.05) is 132 Å². The van der Waals surface area contributed by atoms with E-state index in [-0.39, 0.29) is 0 Å². The summed E-state index contributed by atoms with van der Waals surface area (Å²) in [6.45, 7) is 4.13. The number of fused-ring (bicyclic) bond motifs is 6. The van der Waals surface area contributed by atoms with Crippen LogP contribution in [-0.4, -0.2) is 9.13 Å². The third-order valence-electron chi connectivity index (χ3n) is 9.96. The molecule has 4 heteroatoms. The molecule has 0 atom stereocenters. The molecule has 7 aromatic carbocycles. The van der Waals surface area contributed by atoms with E-state index >= 15 is 0 Å². The molecule has 0 saturated carbocycles. The van der Waals surface area contributed by atoms with Crippen molar-refractivity contribution in [3.05, 3.63) is 168 Å². The molecule has 0 fully saturated rings. The zero-order valence-electron chi connectivity index (χ0n) is 27.6. The van der Waals surface area contributed by atoms with Crippen LogP contribution in [0.2, 0.25) is 0 Å². The Labute approximate surface area is 289 Å². The molecule has 0 saturated heterocycles. The molecule has 0 radical (unpaired) electrons. The third kappa shape index (κ3) is 4.23. The van der Waals surface area contributed by atoms with E-state index in [1.165, 1.54) is 0 Å². The Morgan fingerprint density at radius 2 is 0.680 bits per heavy atom. The van der Waals surface area contributed by atoms with Crippen LogP contribution in [0, 0.1) is 36.5 Å². The Kier molecular flexibility index (Phi) is 6.66. The van der Waals surface area contributed by atoms with E-state index in [0.29, 0.717) is 16.7 Å². The predicted molar refractivity (Wildman–Crippen MR) is 205 cm³/mol. The first-order chi connectivity index (χ1) is 24.6. The molecule has 0 aliphatic heterocycles. The number of hydrogen-bond acceptors (Lipinski definition) is 2. The lowest BCUT2D eigenvalue weighted by Crippen LogP contribution is -2.11. The molecule has 0 aliphatic carbocycles. The van der Waals surface area contributed by atoms with Crippen LogP contribution >= 0.6 is 0 Å². The van der Waals surface area contributed by atoms with Crippen molar-refractivity contribution in [3.8, 4) is 45.8 Å². The quantitative estimate of drug-likeness (QED) is 0.193. The highest BCUT2D eigenvalue weighted by atomic mass is 15.0. The van der Waals surface area contributed by atoms with Gasteiger partial charge in [0.25, 0.3) is 0 Å². The first-order valence-electron chi connectivity index (χ1n) is 16.7. The summed E-state index contributed by atoms with van der Waals surface area (Å²) in [6, 6.07) is 55.4. The maximum atomic E-state index is 11.4. The highest BCUT2D eigenvalue weighted by molar-refractivity contribution is 6.13. The van der Waals surface area contributed by atoms with Gasteiger partial charge in [0.2, 0.25) is 0 Å². The Morgan fingerprint density at radius 3 is 1.00 bits per heavy atom. The molecular formula is C46H30N4. The van der Waals surface area contributed by atoms with Gasteiger partial charge < -0.3 is 9.13 Å². The molecule has 0 spiro atoms. The molecule has 234 valence electrons. The van der Waals surface area contributed by atoms with Gasteiger partial charge >= 0.3 is 0 Å². The number of benzene rings is 7. The molecular weight excluding hydrogens is 609 g/mol. The van der Waals surface area contributed by atoms with Gasteiger partial charge in [-0.15, -0.1) is 0 Å². The molecule has 4 nitrogen and oxygen atoms in total. The van der Waals surface area contributed by atoms with Crippen molar-refractivity contribution in [2.45, 2.75) is 13.8 Å². The van der Waals surface area contributed by atoms with Crippen molar-refractivity contribution in [2.24, 2.45) is 0 Å². The summed E-state index contributed by atoms with van der Waals surface area (Å²) in [7, 11) is 0. The van der Waals surface area contributed by atoms with Crippen LogP contribution in [0.1, 0.15) is 22.3 Å². The minimum absolute atomic E-state index is 0.456. The molecule has 9 rings (SSSR count). The van der Waals surface area contributed by atoms with E-state index in [9.17, 15) is 10.5 Å². The van der Waals surface area contributed by atoms with Crippen LogP contribution < -0.4 is 0 Å². The number of aromatic nitrogens is 2. The summed E-state index contributed by atoms with van der Waals surface area (Å²) in [5, 5.41) is 27.2. The maximum Gasteiger partial charge on any atom is 0.102 e. The lowest BCUT2D eigenvalue weighted by atomic mass is 9.86. The minimum Gasteiger partial charge on any atom is -0.307 e. The maximum absolute atomic E-state index is 11.4. The van der Waals surface area contributed by atoms with Crippen molar-refractivity contribution in [3.63, 3.8) is 0 Å². The Balaban J connectivity index is 1.62. The number of nitrogens with zero attached hydrogens (tertiary/aromatic N) is 4. The smallest absolute Gasteiger partial charge is 0.102 e. The van der Waals surface area contributed by atoms with Gasteiger partial charge in [0.1, 0.15) is 12.1 Å². The molecule has 9 aromatic rings. The Morgan fingerprint density at radius 1 is 0.380 bits per heavy atom. The number of rotatable bonds is 4. The zero-order chi connectivity index (χ0) is 33.9. The summed E-state index contributed by atoms with van der Waals surface area (Å²) < 4.78 is 4.49. The van der Waals surface area contributed by atoms with Gasteiger partial charge in [-0.3, -0.25) is 0 Å². The molecule has 0 N–H and O–H groups in total. The van der Waals surface area contributed by atoms with Crippen molar-refractivity contribution in [1.29, 1.82) is 10.5 Å². The topological polar surface area (TPSA) is 57.4 Å². The lowest BCUT2D eigenvalue weighted by molar-refractivity contribution is 1.12. The Hall–Kier alpha value is -6.88. The summed E-state index contributed by atoms with van der Waals surface area (Å²) >= 11 is 0. The van der Waals surface area contributed by atoms with Crippen LogP contribution in [0.5, 0.6) is 0 Å². The molecule has 50 heavy (non-hydrogen) atoms. The normalized spacial score (nSPS) is 11.4. The third-order valence-corrected chi connectivity index (χ3v) is 9.96. The fourth-order valence-corrected chi connectivity index (χ4v) is 7.72. The highest BCUT2D eigenvalue weighted by Gasteiger charge is 2.31. The highest BCUT2D eigenvalue weighted by Crippen LogP contribution is 2.48. The predicted octanol–water partition coefficient (Wildman–Crippen LogP) is 11.6. The lowest BCUT2D eigenvalue weighted by Gasteiger charge is -2.25. The van der Waals surface area contributed by atoms with Crippen LogP contribution in [-0.2, 0) is 0 Å². The second-order valence-corrected chi connectivity index (χ2v) is 12.9. The number of nitriles is 2. The average molecular weight is 639 g/mol. The first kappa shape index (κ1) is 29.3. The number of aryl methyl sites for hydroxylation is 2. The minimum atomic E-state index is 0.456. The second-order valence-electron chi connectivity index (χ2n) is 12.9. The van der Waals surface area contributed by atoms with Crippen LogP contribution in [0.15, 0.2) is 146 Å².